The lowest BCUT2D eigenvalue weighted by molar-refractivity contribution is 0.330. The predicted octanol–water partition coefficient (Wildman–Crippen LogP) is 5.53. The number of rotatable bonds is 9. The summed E-state index contributed by atoms with van der Waals surface area (Å²) in [7, 11) is 0. The average Bonchev–Trinajstić information content (AvgIpc) is 3.41. The minimum absolute atomic E-state index is 1.02. The van der Waals surface area contributed by atoms with Gasteiger partial charge >= 0.3 is 0 Å². The molecule has 0 unspecified atom stereocenters. The zero-order chi connectivity index (χ0) is 19.3. The number of anilines is 1. The van der Waals surface area contributed by atoms with Crippen LogP contribution in [0.2, 0.25) is 0 Å². The summed E-state index contributed by atoms with van der Waals surface area (Å²) in [6, 6.07) is 4.89. The quantitative estimate of drug-likeness (QED) is 0.581. The van der Waals surface area contributed by atoms with Gasteiger partial charge in [0, 0.05) is 11.9 Å². The summed E-state index contributed by atoms with van der Waals surface area (Å²) in [6.07, 6.45) is 12.6. The zero-order valence-electron chi connectivity index (χ0n) is 17.9. The SMILES string of the molecule is CCCNc1nc2cc(CCCCN3CCCC3)c(CC)cc2c2c1CCC2. The molecule has 1 aromatic carbocycles. The number of benzene rings is 1. The van der Waals surface area contributed by atoms with Gasteiger partial charge in [-0.15, -0.1) is 0 Å². The van der Waals surface area contributed by atoms with E-state index in [4.69, 9.17) is 4.98 Å². The van der Waals surface area contributed by atoms with E-state index in [1.807, 2.05) is 0 Å². The Morgan fingerprint density at radius 3 is 2.57 bits per heavy atom. The summed E-state index contributed by atoms with van der Waals surface area (Å²) in [6.45, 7) is 9.46. The van der Waals surface area contributed by atoms with Crippen LogP contribution in [0.4, 0.5) is 5.82 Å². The molecule has 0 bridgehead atoms. The minimum Gasteiger partial charge on any atom is -0.370 e. The first kappa shape index (κ1) is 19.7. The van der Waals surface area contributed by atoms with E-state index < -0.39 is 0 Å². The molecule has 2 aliphatic rings. The van der Waals surface area contributed by atoms with Crippen molar-refractivity contribution < 1.29 is 0 Å². The van der Waals surface area contributed by atoms with Crippen LogP contribution < -0.4 is 5.32 Å². The molecular formula is C25H37N3. The Labute approximate surface area is 170 Å². The highest BCUT2D eigenvalue weighted by atomic mass is 15.1. The molecule has 0 spiro atoms. The van der Waals surface area contributed by atoms with Gasteiger partial charge in [-0.1, -0.05) is 13.8 Å². The summed E-state index contributed by atoms with van der Waals surface area (Å²) < 4.78 is 0. The van der Waals surface area contributed by atoms with E-state index >= 15 is 0 Å². The average molecular weight is 380 g/mol. The number of unbranched alkanes of at least 4 members (excludes halogenated alkanes) is 1. The number of fused-ring (bicyclic) bond motifs is 3. The van der Waals surface area contributed by atoms with Crippen LogP contribution in [0.25, 0.3) is 10.9 Å². The molecule has 28 heavy (non-hydrogen) atoms. The molecule has 2 aromatic rings. The van der Waals surface area contributed by atoms with Crippen molar-refractivity contribution in [3.8, 4) is 0 Å². The van der Waals surface area contributed by atoms with Gasteiger partial charge in [-0.25, -0.2) is 4.98 Å². The zero-order valence-corrected chi connectivity index (χ0v) is 17.9. The summed E-state index contributed by atoms with van der Waals surface area (Å²) in [5.74, 6) is 1.16. The van der Waals surface area contributed by atoms with Crippen LogP contribution in [-0.4, -0.2) is 36.1 Å². The molecule has 2 heterocycles. The van der Waals surface area contributed by atoms with Gasteiger partial charge in [0.15, 0.2) is 0 Å². The van der Waals surface area contributed by atoms with Crippen LogP contribution in [0.15, 0.2) is 12.1 Å². The maximum Gasteiger partial charge on any atom is 0.130 e. The van der Waals surface area contributed by atoms with E-state index in [-0.39, 0.29) is 0 Å². The summed E-state index contributed by atoms with van der Waals surface area (Å²) in [5.41, 5.74) is 7.34. The topological polar surface area (TPSA) is 28.2 Å². The molecule has 1 saturated heterocycles. The van der Waals surface area contributed by atoms with Crippen molar-refractivity contribution in [2.75, 3.05) is 31.5 Å². The Kier molecular flexibility index (Phi) is 6.51. The van der Waals surface area contributed by atoms with Crippen molar-refractivity contribution in [2.24, 2.45) is 0 Å². The summed E-state index contributed by atoms with van der Waals surface area (Å²) >= 11 is 0. The lowest BCUT2D eigenvalue weighted by Crippen LogP contribution is -2.20. The van der Waals surface area contributed by atoms with Gasteiger partial charge in [0.2, 0.25) is 0 Å². The van der Waals surface area contributed by atoms with E-state index in [0.717, 1.165) is 25.2 Å². The van der Waals surface area contributed by atoms with Gasteiger partial charge in [0.05, 0.1) is 5.52 Å². The number of aromatic nitrogens is 1. The molecule has 1 aliphatic heterocycles. The van der Waals surface area contributed by atoms with E-state index in [1.54, 1.807) is 11.1 Å². The highest BCUT2D eigenvalue weighted by Crippen LogP contribution is 2.35. The van der Waals surface area contributed by atoms with Crippen LogP contribution in [0.3, 0.4) is 0 Å². The van der Waals surface area contributed by atoms with Crippen LogP contribution in [0, 0.1) is 0 Å². The Bertz CT molecular complexity index is 805. The Morgan fingerprint density at radius 1 is 0.964 bits per heavy atom. The molecule has 1 aliphatic carbocycles. The third kappa shape index (κ3) is 4.20. The van der Waals surface area contributed by atoms with Crippen molar-refractivity contribution >= 4 is 16.7 Å². The number of pyridine rings is 1. The number of aryl methyl sites for hydroxylation is 3. The molecule has 3 heteroatoms. The normalized spacial score (nSPS) is 16.8. The molecule has 0 radical (unpaired) electrons. The van der Waals surface area contributed by atoms with E-state index in [2.05, 4.69) is 36.2 Å². The fourth-order valence-electron chi connectivity index (χ4n) is 5.11. The number of likely N-dealkylation sites (tertiary alicyclic amines) is 1. The maximum absolute atomic E-state index is 5.09. The van der Waals surface area contributed by atoms with Crippen LogP contribution in [-0.2, 0) is 25.7 Å². The fraction of sp³-hybridized carbons (Fsp3) is 0.640. The van der Waals surface area contributed by atoms with Gasteiger partial charge in [0.25, 0.3) is 0 Å². The second-order valence-electron chi connectivity index (χ2n) is 8.70. The predicted molar refractivity (Wildman–Crippen MR) is 121 cm³/mol. The van der Waals surface area contributed by atoms with Crippen molar-refractivity contribution in [3.05, 3.63) is 34.4 Å². The van der Waals surface area contributed by atoms with Gasteiger partial charge in [0.1, 0.15) is 5.82 Å². The Morgan fingerprint density at radius 2 is 1.79 bits per heavy atom. The standard InChI is InChI=1S/C25H37N3/c1-3-13-26-25-22-12-9-11-21(22)23-17-19(4-2)20(18-24(23)27-25)10-5-6-14-28-15-7-8-16-28/h17-18H,3-16H2,1-2H3,(H,26,27). The molecule has 4 rings (SSSR count). The number of hydrogen-bond acceptors (Lipinski definition) is 3. The number of nitrogens with one attached hydrogen (secondary N) is 1. The Hall–Kier alpha value is -1.61. The van der Waals surface area contributed by atoms with Crippen molar-refractivity contribution in [2.45, 2.75) is 78.1 Å². The fourth-order valence-corrected chi connectivity index (χ4v) is 5.11. The number of hydrogen-bond donors (Lipinski definition) is 1. The molecular weight excluding hydrogens is 342 g/mol. The van der Waals surface area contributed by atoms with Crippen molar-refractivity contribution in [1.29, 1.82) is 0 Å². The molecule has 1 N–H and O–H groups in total. The molecule has 1 fully saturated rings. The first-order valence-electron chi connectivity index (χ1n) is 11.7. The summed E-state index contributed by atoms with van der Waals surface area (Å²) in [4.78, 5) is 7.73. The lowest BCUT2D eigenvalue weighted by Gasteiger charge is -2.17. The van der Waals surface area contributed by atoms with Gasteiger partial charge in [-0.3, -0.25) is 0 Å². The monoisotopic (exact) mass is 379 g/mol. The molecule has 0 amide bonds. The van der Waals surface area contributed by atoms with Crippen LogP contribution >= 0.6 is 0 Å². The Balaban J connectivity index is 1.55. The second-order valence-corrected chi connectivity index (χ2v) is 8.70. The van der Waals surface area contributed by atoms with Crippen LogP contribution in [0.1, 0.15) is 74.6 Å². The van der Waals surface area contributed by atoms with Gasteiger partial charge in [-0.2, -0.15) is 0 Å². The minimum atomic E-state index is 1.02. The lowest BCUT2D eigenvalue weighted by atomic mass is 9.94. The highest BCUT2D eigenvalue weighted by Gasteiger charge is 2.20. The summed E-state index contributed by atoms with van der Waals surface area (Å²) in [5, 5.41) is 5.03. The van der Waals surface area contributed by atoms with Gasteiger partial charge < -0.3 is 10.2 Å². The third-order valence-corrected chi connectivity index (χ3v) is 6.67. The maximum atomic E-state index is 5.09. The van der Waals surface area contributed by atoms with Gasteiger partial charge in [-0.05, 0) is 118 Å². The van der Waals surface area contributed by atoms with Crippen molar-refractivity contribution in [3.63, 3.8) is 0 Å². The first-order valence-corrected chi connectivity index (χ1v) is 11.7. The first-order chi connectivity index (χ1) is 13.8. The molecule has 152 valence electrons. The van der Waals surface area contributed by atoms with Crippen LogP contribution in [0.5, 0.6) is 0 Å². The second kappa shape index (κ2) is 9.26. The molecule has 1 aromatic heterocycles. The molecule has 0 atom stereocenters. The van der Waals surface area contributed by atoms with Crippen molar-refractivity contribution in [1.82, 2.24) is 9.88 Å². The number of nitrogens with zero attached hydrogens (tertiary/aromatic N) is 2. The largest absolute Gasteiger partial charge is 0.370 e. The van der Waals surface area contributed by atoms with E-state index in [0.29, 0.717) is 0 Å². The van der Waals surface area contributed by atoms with E-state index in [1.165, 1.54) is 93.0 Å². The highest BCUT2D eigenvalue weighted by molar-refractivity contribution is 5.88. The van der Waals surface area contributed by atoms with E-state index in [9.17, 15) is 0 Å². The smallest absolute Gasteiger partial charge is 0.130 e. The third-order valence-electron chi connectivity index (χ3n) is 6.67. The molecule has 0 saturated carbocycles. The molecule has 3 nitrogen and oxygen atoms in total.